The number of hydrogen-bond acceptors (Lipinski definition) is 2. The van der Waals surface area contributed by atoms with Crippen LogP contribution in [0.3, 0.4) is 0 Å². The summed E-state index contributed by atoms with van der Waals surface area (Å²) in [5.41, 5.74) is 0.878. The topological polar surface area (TPSA) is 69.6 Å². The molecule has 0 radical (unpaired) electrons. The minimum absolute atomic E-state index is 0.0839. The fourth-order valence-corrected chi connectivity index (χ4v) is 2.02. The fraction of sp³-hybridized carbons (Fsp3) is 0.467. The number of rotatable bonds is 8. The number of carbonyl (C=O) groups excluding carboxylic acids is 1. The van der Waals surface area contributed by atoms with Gasteiger partial charge in [0.2, 0.25) is 0 Å². The minimum atomic E-state index is -0.929. The van der Waals surface area contributed by atoms with Gasteiger partial charge in [-0.05, 0) is 18.1 Å². The Labute approximate surface area is 129 Å². The Kier molecular flexibility index (Phi) is 7.61. The molecule has 5 nitrogen and oxygen atoms in total. The highest BCUT2D eigenvalue weighted by Crippen LogP contribution is 2.17. The molecule has 0 fully saturated rings. The van der Waals surface area contributed by atoms with Crippen LogP contribution in [-0.2, 0) is 11.3 Å². The molecule has 1 aromatic rings. The average Bonchev–Trinajstić information content (AvgIpc) is 2.44. The molecule has 1 aromatic carbocycles. The molecule has 0 atom stereocenters. The van der Waals surface area contributed by atoms with Crippen LogP contribution in [0.25, 0.3) is 0 Å². The molecule has 0 aliphatic carbocycles. The maximum atomic E-state index is 12.1. The molecule has 1 rings (SSSR count). The van der Waals surface area contributed by atoms with Crippen molar-refractivity contribution >= 4 is 23.6 Å². The van der Waals surface area contributed by atoms with Gasteiger partial charge in [0.05, 0.1) is 6.42 Å². The van der Waals surface area contributed by atoms with E-state index in [4.69, 9.17) is 16.7 Å². The predicted molar refractivity (Wildman–Crippen MR) is 82.4 cm³/mol. The number of unbranched alkanes of at least 4 members (excludes halogenated alkanes) is 1. The van der Waals surface area contributed by atoms with Crippen LogP contribution in [0.4, 0.5) is 4.79 Å². The number of amides is 2. The highest BCUT2D eigenvalue weighted by atomic mass is 35.5. The molecule has 0 spiro atoms. The molecule has 0 bridgehead atoms. The van der Waals surface area contributed by atoms with Crippen molar-refractivity contribution in [2.75, 3.05) is 13.1 Å². The van der Waals surface area contributed by atoms with E-state index in [-0.39, 0.29) is 19.0 Å². The van der Waals surface area contributed by atoms with Gasteiger partial charge in [0.1, 0.15) is 0 Å². The number of halogens is 1. The maximum Gasteiger partial charge on any atom is 0.317 e. The van der Waals surface area contributed by atoms with E-state index in [9.17, 15) is 9.59 Å². The standard InChI is InChI=1S/C15H21ClN2O3/c1-2-3-10-18(15(21)17-9-8-14(19)20)11-12-6-4-5-7-13(12)16/h4-7H,2-3,8-11H2,1H3,(H,17,21)(H,19,20). The fourth-order valence-electron chi connectivity index (χ4n) is 1.82. The third kappa shape index (κ3) is 6.49. The second kappa shape index (κ2) is 9.23. The van der Waals surface area contributed by atoms with Crippen LogP contribution in [0.2, 0.25) is 5.02 Å². The Bertz CT molecular complexity index is 480. The van der Waals surface area contributed by atoms with Gasteiger partial charge in [0.15, 0.2) is 0 Å². The van der Waals surface area contributed by atoms with Gasteiger partial charge >= 0.3 is 12.0 Å². The zero-order valence-electron chi connectivity index (χ0n) is 12.1. The Morgan fingerprint density at radius 2 is 2.05 bits per heavy atom. The summed E-state index contributed by atoms with van der Waals surface area (Å²) in [5, 5.41) is 11.8. The molecule has 21 heavy (non-hydrogen) atoms. The van der Waals surface area contributed by atoms with Crippen molar-refractivity contribution in [2.24, 2.45) is 0 Å². The smallest absolute Gasteiger partial charge is 0.317 e. The van der Waals surface area contributed by atoms with Crippen molar-refractivity contribution in [1.82, 2.24) is 10.2 Å². The Morgan fingerprint density at radius 1 is 1.33 bits per heavy atom. The Morgan fingerprint density at radius 3 is 2.67 bits per heavy atom. The number of nitrogens with zero attached hydrogens (tertiary/aromatic N) is 1. The predicted octanol–water partition coefficient (Wildman–Crippen LogP) is 3.13. The molecule has 0 aliphatic heterocycles. The molecule has 0 saturated heterocycles. The zero-order valence-corrected chi connectivity index (χ0v) is 12.9. The lowest BCUT2D eigenvalue weighted by Gasteiger charge is -2.23. The number of carboxylic acid groups (broad SMARTS) is 1. The number of nitrogens with one attached hydrogen (secondary N) is 1. The third-order valence-electron chi connectivity index (χ3n) is 3.00. The minimum Gasteiger partial charge on any atom is -0.481 e. The molecule has 116 valence electrons. The first kappa shape index (κ1) is 17.3. The number of urea groups is 1. The van der Waals surface area contributed by atoms with E-state index in [0.717, 1.165) is 18.4 Å². The molecule has 0 heterocycles. The summed E-state index contributed by atoms with van der Waals surface area (Å²) in [6.45, 7) is 3.20. The van der Waals surface area contributed by atoms with Crippen LogP contribution in [0.15, 0.2) is 24.3 Å². The van der Waals surface area contributed by atoms with Crippen LogP contribution in [0, 0.1) is 0 Å². The first-order valence-corrected chi connectivity index (χ1v) is 7.40. The van der Waals surface area contributed by atoms with Crippen LogP contribution >= 0.6 is 11.6 Å². The summed E-state index contributed by atoms with van der Waals surface area (Å²) in [7, 11) is 0. The van der Waals surface area contributed by atoms with Gasteiger partial charge in [-0.3, -0.25) is 4.79 Å². The Hall–Kier alpha value is -1.75. The maximum absolute atomic E-state index is 12.1. The summed E-state index contributed by atoms with van der Waals surface area (Å²) in [5.74, 6) is -0.929. The van der Waals surface area contributed by atoms with Crippen molar-refractivity contribution in [2.45, 2.75) is 32.7 Å². The molecule has 2 N–H and O–H groups in total. The van der Waals surface area contributed by atoms with Gasteiger partial charge < -0.3 is 15.3 Å². The monoisotopic (exact) mass is 312 g/mol. The summed E-state index contributed by atoms with van der Waals surface area (Å²) >= 11 is 6.12. The molecule has 0 aromatic heterocycles. The number of hydrogen-bond donors (Lipinski definition) is 2. The van der Waals surface area contributed by atoms with Crippen molar-refractivity contribution in [3.05, 3.63) is 34.9 Å². The van der Waals surface area contributed by atoms with E-state index in [1.807, 2.05) is 18.2 Å². The summed E-state index contributed by atoms with van der Waals surface area (Å²) < 4.78 is 0. The first-order valence-electron chi connectivity index (χ1n) is 7.02. The molecule has 2 amide bonds. The van der Waals surface area contributed by atoms with E-state index in [1.165, 1.54) is 0 Å². The van der Waals surface area contributed by atoms with E-state index in [2.05, 4.69) is 12.2 Å². The van der Waals surface area contributed by atoms with E-state index >= 15 is 0 Å². The van der Waals surface area contributed by atoms with Gasteiger partial charge in [-0.15, -0.1) is 0 Å². The lowest BCUT2D eigenvalue weighted by Crippen LogP contribution is -2.40. The molecular weight excluding hydrogens is 292 g/mol. The number of carbonyl (C=O) groups is 2. The van der Waals surface area contributed by atoms with Crippen LogP contribution in [0.1, 0.15) is 31.7 Å². The van der Waals surface area contributed by atoms with Crippen molar-refractivity contribution in [3.8, 4) is 0 Å². The Balaban J connectivity index is 2.64. The zero-order chi connectivity index (χ0) is 15.7. The van der Waals surface area contributed by atoms with Gasteiger partial charge in [0, 0.05) is 24.7 Å². The van der Waals surface area contributed by atoms with E-state index in [0.29, 0.717) is 18.1 Å². The third-order valence-corrected chi connectivity index (χ3v) is 3.37. The van der Waals surface area contributed by atoms with Crippen molar-refractivity contribution in [1.29, 1.82) is 0 Å². The van der Waals surface area contributed by atoms with Crippen LogP contribution < -0.4 is 5.32 Å². The highest BCUT2D eigenvalue weighted by molar-refractivity contribution is 6.31. The lowest BCUT2D eigenvalue weighted by molar-refractivity contribution is -0.136. The second-order valence-electron chi connectivity index (χ2n) is 4.74. The largest absolute Gasteiger partial charge is 0.481 e. The van der Waals surface area contributed by atoms with Crippen molar-refractivity contribution < 1.29 is 14.7 Å². The second-order valence-corrected chi connectivity index (χ2v) is 5.15. The van der Waals surface area contributed by atoms with Crippen molar-refractivity contribution in [3.63, 3.8) is 0 Å². The highest BCUT2D eigenvalue weighted by Gasteiger charge is 2.14. The van der Waals surface area contributed by atoms with Crippen LogP contribution in [0.5, 0.6) is 0 Å². The lowest BCUT2D eigenvalue weighted by atomic mass is 10.2. The summed E-state index contributed by atoms with van der Waals surface area (Å²) in [4.78, 5) is 24.3. The molecule has 0 aliphatic rings. The first-order chi connectivity index (χ1) is 10.0. The summed E-state index contributed by atoms with van der Waals surface area (Å²) in [6.07, 6.45) is 1.78. The van der Waals surface area contributed by atoms with Gasteiger partial charge in [0.25, 0.3) is 0 Å². The SMILES string of the molecule is CCCCN(Cc1ccccc1Cl)C(=O)NCCC(=O)O. The van der Waals surface area contributed by atoms with Gasteiger partial charge in [-0.1, -0.05) is 43.1 Å². The number of aliphatic carboxylic acids is 1. The molecule has 0 saturated carbocycles. The average molecular weight is 313 g/mol. The number of benzene rings is 1. The van der Waals surface area contributed by atoms with Gasteiger partial charge in [-0.2, -0.15) is 0 Å². The van der Waals surface area contributed by atoms with Crippen LogP contribution in [-0.4, -0.2) is 35.1 Å². The van der Waals surface area contributed by atoms with E-state index in [1.54, 1.807) is 11.0 Å². The molecule has 0 unspecified atom stereocenters. The quantitative estimate of drug-likeness (QED) is 0.775. The normalized spacial score (nSPS) is 10.2. The molecule has 6 heteroatoms. The van der Waals surface area contributed by atoms with E-state index < -0.39 is 5.97 Å². The van der Waals surface area contributed by atoms with Gasteiger partial charge in [-0.25, -0.2) is 4.79 Å². The summed E-state index contributed by atoms with van der Waals surface area (Å²) in [6, 6.07) is 7.13. The number of carboxylic acids is 1. The molecular formula is C15H21ClN2O3.